The lowest BCUT2D eigenvalue weighted by atomic mass is 9.98. The molecule has 3 rings (SSSR count). The van der Waals surface area contributed by atoms with Crippen molar-refractivity contribution in [2.24, 2.45) is 0 Å². The molecule has 0 amide bonds. The molecule has 1 heterocycles. The summed E-state index contributed by atoms with van der Waals surface area (Å²) < 4.78 is 2.10. The Kier molecular flexibility index (Phi) is 3.69. The molecule has 0 aliphatic rings. The number of hydrogen-bond donors (Lipinski definition) is 0. The van der Waals surface area contributed by atoms with Crippen molar-refractivity contribution in [2.45, 2.75) is 13.0 Å². The third kappa shape index (κ3) is 2.79. The van der Waals surface area contributed by atoms with Crippen molar-refractivity contribution in [1.82, 2.24) is 4.57 Å². The van der Waals surface area contributed by atoms with Gasteiger partial charge in [0, 0.05) is 18.0 Å². The molecule has 0 N–H and O–H groups in total. The molecule has 0 atom stereocenters. The molecule has 2 nitrogen and oxygen atoms in total. The summed E-state index contributed by atoms with van der Waals surface area (Å²) in [6.07, 6.45) is 3.90. The zero-order valence-electron chi connectivity index (χ0n) is 11.9. The van der Waals surface area contributed by atoms with E-state index in [1.807, 2.05) is 54.9 Å². The predicted octanol–water partition coefficient (Wildman–Crippen LogP) is 4.33. The summed E-state index contributed by atoms with van der Waals surface area (Å²) in [7, 11) is 0. The van der Waals surface area contributed by atoms with Crippen LogP contribution in [-0.2, 0) is 0 Å². The quantitative estimate of drug-likeness (QED) is 0.650. The number of carbonyl (C=O) groups excluding carboxylic acids is 1. The van der Waals surface area contributed by atoms with Gasteiger partial charge in [-0.3, -0.25) is 4.79 Å². The highest BCUT2D eigenvalue weighted by molar-refractivity contribution is 5.93. The maximum atomic E-state index is 11.5. The van der Waals surface area contributed by atoms with Crippen LogP contribution in [0.4, 0.5) is 0 Å². The average molecular weight is 275 g/mol. The minimum Gasteiger partial charge on any atom is -0.342 e. The van der Waals surface area contributed by atoms with Crippen LogP contribution in [0.15, 0.2) is 79.1 Å². The molecule has 104 valence electrons. The maximum absolute atomic E-state index is 11.5. The molecule has 0 aliphatic carbocycles. The van der Waals surface area contributed by atoms with E-state index in [-0.39, 0.29) is 11.8 Å². The maximum Gasteiger partial charge on any atom is 0.161 e. The third-order valence-corrected chi connectivity index (χ3v) is 3.65. The lowest BCUT2D eigenvalue weighted by molar-refractivity contribution is 0.101. The number of hydrogen-bond acceptors (Lipinski definition) is 1. The lowest BCUT2D eigenvalue weighted by Gasteiger charge is -2.20. The number of aromatic nitrogens is 1. The summed E-state index contributed by atoms with van der Waals surface area (Å²) in [5, 5.41) is 0. The third-order valence-electron chi connectivity index (χ3n) is 3.65. The van der Waals surface area contributed by atoms with Gasteiger partial charge >= 0.3 is 0 Å². The minimum atomic E-state index is 0.0838. The summed E-state index contributed by atoms with van der Waals surface area (Å²) in [6, 6.07) is 22.6. The number of carbonyl (C=O) groups is 1. The van der Waals surface area contributed by atoms with Gasteiger partial charge in [-0.25, -0.2) is 0 Å². The first-order chi connectivity index (χ1) is 10.3. The highest BCUT2D eigenvalue weighted by Gasteiger charge is 2.16. The van der Waals surface area contributed by atoms with Gasteiger partial charge in [0.15, 0.2) is 5.78 Å². The summed E-state index contributed by atoms with van der Waals surface area (Å²) in [5.41, 5.74) is 3.15. The largest absolute Gasteiger partial charge is 0.342 e. The van der Waals surface area contributed by atoms with Gasteiger partial charge in [-0.15, -0.1) is 0 Å². The van der Waals surface area contributed by atoms with Crippen LogP contribution < -0.4 is 0 Å². The van der Waals surface area contributed by atoms with Crippen molar-refractivity contribution < 1.29 is 4.79 Å². The van der Waals surface area contributed by atoms with Crippen molar-refractivity contribution in [3.63, 3.8) is 0 Å². The molecule has 0 bridgehead atoms. The molecule has 0 fully saturated rings. The fourth-order valence-corrected chi connectivity index (χ4v) is 2.59. The van der Waals surface area contributed by atoms with Crippen LogP contribution >= 0.6 is 0 Å². The van der Waals surface area contributed by atoms with Crippen LogP contribution in [-0.4, -0.2) is 10.4 Å². The molecular formula is C19H17NO. The second-order valence-corrected chi connectivity index (χ2v) is 5.13. The fraction of sp³-hybridized carbons (Fsp3) is 0.105. The Bertz CT molecular complexity index is 689. The lowest BCUT2D eigenvalue weighted by Crippen LogP contribution is -2.10. The smallest absolute Gasteiger partial charge is 0.161 e. The van der Waals surface area contributed by atoms with E-state index in [1.54, 1.807) is 6.92 Å². The van der Waals surface area contributed by atoms with Crippen LogP contribution in [0, 0.1) is 0 Å². The highest BCUT2D eigenvalue weighted by Crippen LogP contribution is 2.27. The molecule has 0 aliphatic heterocycles. The van der Waals surface area contributed by atoms with E-state index >= 15 is 0 Å². The molecule has 1 aromatic heterocycles. The summed E-state index contributed by atoms with van der Waals surface area (Å²) in [5.74, 6) is 0.0913. The Labute approximate surface area is 124 Å². The van der Waals surface area contributed by atoms with Crippen molar-refractivity contribution in [3.05, 3.63) is 95.8 Å². The van der Waals surface area contributed by atoms with E-state index in [1.165, 1.54) is 11.1 Å². The number of nitrogens with zero attached hydrogens (tertiary/aromatic N) is 1. The number of ketones is 1. The van der Waals surface area contributed by atoms with Gasteiger partial charge in [-0.1, -0.05) is 60.7 Å². The first kappa shape index (κ1) is 13.4. The van der Waals surface area contributed by atoms with Gasteiger partial charge in [0.2, 0.25) is 0 Å². The molecule has 0 spiro atoms. The highest BCUT2D eigenvalue weighted by atomic mass is 16.1. The predicted molar refractivity (Wildman–Crippen MR) is 84.6 cm³/mol. The van der Waals surface area contributed by atoms with Crippen LogP contribution in [0.1, 0.15) is 34.5 Å². The molecule has 21 heavy (non-hydrogen) atoms. The molecule has 0 saturated heterocycles. The standard InChI is InChI=1S/C19H17NO/c1-15(21)18-12-13-20(14-18)19(16-8-4-2-5-9-16)17-10-6-3-7-11-17/h2-14,19H,1H3. The topological polar surface area (TPSA) is 22.0 Å². The Morgan fingerprint density at radius 3 is 1.81 bits per heavy atom. The number of rotatable bonds is 4. The second kappa shape index (κ2) is 5.80. The van der Waals surface area contributed by atoms with Crippen LogP contribution in [0.25, 0.3) is 0 Å². The Morgan fingerprint density at radius 2 is 1.38 bits per heavy atom. The normalized spacial score (nSPS) is 10.8. The minimum absolute atomic E-state index is 0.0838. The Balaban J connectivity index is 2.10. The zero-order chi connectivity index (χ0) is 14.7. The van der Waals surface area contributed by atoms with Gasteiger partial charge in [-0.05, 0) is 24.1 Å². The fourth-order valence-electron chi connectivity index (χ4n) is 2.59. The molecule has 2 heteroatoms. The zero-order valence-corrected chi connectivity index (χ0v) is 11.9. The monoisotopic (exact) mass is 275 g/mol. The number of Topliss-reactive ketones (excluding diaryl/α,β-unsaturated/α-hetero) is 1. The summed E-state index contributed by atoms with van der Waals surface area (Å²) in [6.45, 7) is 1.60. The van der Waals surface area contributed by atoms with Crippen LogP contribution in [0.5, 0.6) is 0 Å². The number of benzene rings is 2. The van der Waals surface area contributed by atoms with E-state index in [0.29, 0.717) is 0 Å². The van der Waals surface area contributed by atoms with Crippen molar-refractivity contribution >= 4 is 5.78 Å². The van der Waals surface area contributed by atoms with E-state index in [0.717, 1.165) is 5.56 Å². The molecule has 2 aromatic carbocycles. The molecule has 0 saturated carbocycles. The van der Waals surface area contributed by atoms with Gasteiger partial charge < -0.3 is 4.57 Å². The van der Waals surface area contributed by atoms with Crippen LogP contribution in [0.3, 0.4) is 0 Å². The average Bonchev–Trinajstić information content (AvgIpc) is 3.00. The van der Waals surface area contributed by atoms with Gasteiger partial charge in [0.25, 0.3) is 0 Å². The van der Waals surface area contributed by atoms with Crippen molar-refractivity contribution in [1.29, 1.82) is 0 Å². The van der Waals surface area contributed by atoms with Gasteiger partial charge in [0.1, 0.15) is 0 Å². The van der Waals surface area contributed by atoms with Gasteiger partial charge in [-0.2, -0.15) is 0 Å². The van der Waals surface area contributed by atoms with E-state index in [9.17, 15) is 4.79 Å². The van der Waals surface area contributed by atoms with Crippen molar-refractivity contribution in [3.8, 4) is 0 Å². The molecular weight excluding hydrogens is 258 g/mol. The summed E-state index contributed by atoms with van der Waals surface area (Å²) >= 11 is 0. The Hall–Kier alpha value is -2.61. The van der Waals surface area contributed by atoms with E-state index < -0.39 is 0 Å². The molecule has 3 aromatic rings. The SMILES string of the molecule is CC(=O)c1ccn(C(c2ccccc2)c2ccccc2)c1. The van der Waals surface area contributed by atoms with E-state index in [2.05, 4.69) is 28.8 Å². The second-order valence-electron chi connectivity index (χ2n) is 5.13. The van der Waals surface area contributed by atoms with Gasteiger partial charge in [0.05, 0.1) is 6.04 Å². The van der Waals surface area contributed by atoms with E-state index in [4.69, 9.17) is 0 Å². The summed E-state index contributed by atoms with van der Waals surface area (Å²) in [4.78, 5) is 11.5. The molecule has 0 unspecified atom stereocenters. The Morgan fingerprint density at radius 1 is 0.857 bits per heavy atom. The first-order valence-corrected chi connectivity index (χ1v) is 7.04. The van der Waals surface area contributed by atoms with Crippen molar-refractivity contribution in [2.75, 3.05) is 0 Å². The first-order valence-electron chi connectivity index (χ1n) is 7.04. The van der Waals surface area contributed by atoms with Crippen LogP contribution in [0.2, 0.25) is 0 Å². The molecule has 0 radical (unpaired) electrons.